The zero-order valence-electron chi connectivity index (χ0n) is 12.3. The molecule has 0 N–H and O–H groups in total. The van der Waals surface area contributed by atoms with Crippen LogP contribution in [0.25, 0.3) is 31.1 Å². The maximum atomic E-state index is 6.48. The van der Waals surface area contributed by atoms with Gasteiger partial charge in [0.2, 0.25) is 0 Å². The van der Waals surface area contributed by atoms with E-state index in [9.17, 15) is 0 Å². The molecule has 0 bridgehead atoms. The van der Waals surface area contributed by atoms with Crippen molar-refractivity contribution in [3.8, 4) is 10.8 Å². The molecular formula is C16H7ClN4OS3. The van der Waals surface area contributed by atoms with Gasteiger partial charge in [-0.2, -0.15) is 0 Å². The Labute approximate surface area is 158 Å². The van der Waals surface area contributed by atoms with E-state index in [0.717, 1.165) is 30.2 Å². The zero-order chi connectivity index (χ0) is 16.8. The lowest BCUT2D eigenvalue weighted by Gasteiger charge is -1.96. The van der Waals surface area contributed by atoms with E-state index in [1.165, 1.54) is 23.1 Å². The number of rotatable bonds is 3. The number of benzene rings is 1. The van der Waals surface area contributed by atoms with Gasteiger partial charge in [0.1, 0.15) is 21.1 Å². The van der Waals surface area contributed by atoms with Crippen LogP contribution < -0.4 is 0 Å². The van der Waals surface area contributed by atoms with Gasteiger partial charge < -0.3 is 4.42 Å². The Kier molecular flexibility index (Phi) is 3.70. The van der Waals surface area contributed by atoms with Crippen LogP contribution in [0.1, 0.15) is 0 Å². The summed E-state index contributed by atoms with van der Waals surface area (Å²) < 4.78 is 6.91. The number of hydrogen-bond donors (Lipinski definition) is 0. The van der Waals surface area contributed by atoms with Crippen molar-refractivity contribution in [3.05, 3.63) is 47.1 Å². The highest BCUT2D eigenvalue weighted by Gasteiger charge is 2.19. The lowest BCUT2D eigenvalue weighted by molar-refractivity contribution is 0.466. The summed E-state index contributed by atoms with van der Waals surface area (Å²) in [6, 6.07) is 9.94. The Bertz CT molecular complexity index is 1210. The van der Waals surface area contributed by atoms with Crippen LogP contribution in [0.5, 0.6) is 0 Å². The normalized spacial score (nSPS) is 11.6. The van der Waals surface area contributed by atoms with E-state index in [2.05, 4.69) is 20.2 Å². The van der Waals surface area contributed by atoms with Crippen LogP contribution in [0.15, 0.2) is 56.7 Å². The molecule has 1 aromatic carbocycles. The molecule has 0 saturated heterocycles. The molecule has 0 spiro atoms. The van der Waals surface area contributed by atoms with Crippen molar-refractivity contribution >= 4 is 66.3 Å². The summed E-state index contributed by atoms with van der Waals surface area (Å²) in [4.78, 5) is 10.3. The quantitative estimate of drug-likeness (QED) is 0.357. The van der Waals surface area contributed by atoms with Gasteiger partial charge in [-0.1, -0.05) is 29.8 Å². The molecular weight excluding hydrogens is 396 g/mol. The smallest absolute Gasteiger partial charge is 0.283 e. The fraction of sp³-hybridized carbons (Fsp3) is 0. The number of nitrogens with zero attached hydrogens (tertiary/aromatic N) is 4. The van der Waals surface area contributed by atoms with Gasteiger partial charge in [0.15, 0.2) is 0 Å². The average Bonchev–Trinajstić information content (AvgIpc) is 3.34. The fourth-order valence-corrected chi connectivity index (χ4v) is 5.40. The molecule has 25 heavy (non-hydrogen) atoms. The lowest BCUT2D eigenvalue weighted by Crippen LogP contribution is -1.83. The zero-order valence-corrected chi connectivity index (χ0v) is 15.5. The Balaban J connectivity index is 1.53. The lowest BCUT2D eigenvalue weighted by atomic mass is 10.2. The molecule has 9 heteroatoms. The number of fused-ring (bicyclic) bond motifs is 2. The van der Waals surface area contributed by atoms with E-state index in [1.807, 2.05) is 35.7 Å². The van der Waals surface area contributed by atoms with Crippen molar-refractivity contribution < 1.29 is 4.42 Å². The molecule has 5 nitrogen and oxygen atoms in total. The Morgan fingerprint density at radius 1 is 1.04 bits per heavy atom. The predicted molar refractivity (Wildman–Crippen MR) is 102 cm³/mol. The van der Waals surface area contributed by atoms with Crippen molar-refractivity contribution in [3.63, 3.8) is 0 Å². The van der Waals surface area contributed by atoms with Crippen molar-refractivity contribution in [2.75, 3.05) is 0 Å². The van der Waals surface area contributed by atoms with Gasteiger partial charge in [0.05, 0.1) is 5.02 Å². The molecule has 5 rings (SSSR count). The third-order valence-corrected chi connectivity index (χ3v) is 6.89. The molecule has 0 atom stereocenters. The maximum Gasteiger partial charge on any atom is 0.283 e. The predicted octanol–water partition coefficient (Wildman–Crippen LogP) is 5.76. The highest BCUT2D eigenvalue weighted by atomic mass is 35.5. The minimum Gasteiger partial charge on any atom is -0.410 e. The van der Waals surface area contributed by atoms with Crippen molar-refractivity contribution in [2.24, 2.45) is 0 Å². The summed E-state index contributed by atoms with van der Waals surface area (Å²) in [7, 11) is 0. The highest BCUT2D eigenvalue weighted by molar-refractivity contribution is 7.99. The van der Waals surface area contributed by atoms with Crippen LogP contribution in [0.4, 0.5) is 0 Å². The van der Waals surface area contributed by atoms with Gasteiger partial charge in [-0.25, -0.2) is 9.97 Å². The van der Waals surface area contributed by atoms with E-state index in [-0.39, 0.29) is 0 Å². The molecule has 4 aromatic heterocycles. The Hall–Kier alpha value is -2.00. The van der Waals surface area contributed by atoms with Crippen molar-refractivity contribution in [2.45, 2.75) is 10.2 Å². The molecule has 0 unspecified atom stereocenters. The molecule has 0 amide bonds. The molecule has 122 valence electrons. The van der Waals surface area contributed by atoms with Crippen LogP contribution in [0.3, 0.4) is 0 Å². The molecule has 4 heterocycles. The average molecular weight is 403 g/mol. The molecule has 5 aromatic rings. The first kappa shape index (κ1) is 15.3. The summed E-state index contributed by atoms with van der Waals surface area (Å²) in [5.74, 6) is 0.421. The third-order valence-electron chi connectivity index (χ3n) is 3.54. The van der Waals surface area contributed by atoms with Gasteiger partial charge in [-0.05, 0) is 29.3 Å². The monoisotopic (exact) mass is 402 g/mol. The summed E-state index contributed by atoms with van der Waals surface area (Å²) in [6.07, 6.45) is 1.54. The molecule has 0 saturated carbocycles. The van der Waals surface area contributed by atoms with Crippen LogP contribution >= 0.6 is 46.0 Å². The molecule has 0 fully saturated rings. The number of aromatic nitrogens is 4. The molecule has 0 radical (unpaired) electrons. The van der Waals surface area contributed by atoms with Crippen molar-refractivity contribution in [1.29, 1.82) is 0 Å². The van der Waals surface area contributed by atoms with Gasteiger partial charge in [0, 0.05) is 15.5 Å². The fourth-order valence-electron chi connectivity index (χ4n) is 2.43. The second-order valence-electron chi connectivity index (χ2n) is 5.03. The maximum absolute atomic E-state index is 6.48. The largest absolute Gasteiger partial charge is 0.410 e. The summed E-state index contributed by atoms with van der Waals surface area (Å²) in [5.41, 5.74) is 0. The minimum absolute atomic E-state index is 0.421. The summed E-state index contributed by atoms with van der Waals surface area (Å²) >= 11 is 10.9. The van der Waals surface area contributed by atoms with E-state index < -0.39 is 0 Å². The van der Waals surface area contributed by atoms with E-state index in [0.29, 0.717) is 16.1 Å². The number of thiophene rings is 2. The third kappa shape index (κ3) is 2.62. The second kappa shape index (κ2) is 6.06. The van der Waals surface area contributed by atoms with Crippen LogP contribution in [-0.2, 0) is 0 Å². The molecule has 0 aliphatic rings. The van der Waals surface area contributed by atoms with Crippen molar-refractivity contribution in [1.82, 2.24) is 20.2 Å². The van der Waals surface area contributed by atoms with E-state index >= 15 is 0 Å². The minimum atomic E-state index is 0.421. The Morgan fingerprint density at radius 3 is 2.88 bits per heavy atom. The van der Waals surface area contributed by atoms with Gasteiger partial charge in [0.25, 0.3) is 11.1 Å². The second-order valence-corrected chi connectivity index (χ2v) is 8.30. The first-order valence-corrected chi connectivity index (χ1v) is 10.1. The summed E-state index contributed by atoms with van der Waals surface area (Å²) in [6.45, 7) is 0. The number of halogens is 1. The van der Waals surface area contributed by atoms with Crippen LogP contribution in [0, 0.1) is 0 Å². The van der Waals surface area contributed by atoms with Gasteiger partial charge >= 0.3 is 0 Å². The van der Waals surface area contributed by atoms with Crippen LogP contribution in [-0.4, -0.2) is 20.2 Å². The van der Waals surface area contributed by atoms with E-state index in [4.69, 9.17) is 16.0 Å². The molecule has 0 aliphatic carbocycles. The number of hydrogen-bond acceptors (Lipinski definition) is 8. The van der Waals surface area contributed by atoms with Gasteiger partial charge in [-0.3, -0.25) is 0 Å². The topological polar surface area (TPSA) is 64.7 Å². The first-order chi connectivity index (χ1) is 12.3. The van der Waals surface area contributed by atoms with Gasteiger partial charge in [-0.15, -0.1) is 32.9 Å². The van der Waals surface area contributed by atoms with E-state index in [1.54, 1.807) is 17.7 Å². The summed E-state index contributed by atoms with van der Waals surface area (Å²) in [5, 5.41) is 14.1. The first-order valence-electron chi connectivity index (χ1n) is 7.16. The highest BCUT2D eigenvalue weighted by Crippen LogP contribution is 2.42. The Morgan fingerprint density at radius 2 is 1.96 bits per heavy atom. The molecule has 0 aliphatic heterocycles. The standard InChI is InChI=1S/C16H7ClN4OS3/c17-11-8-3-1-2-4-10(8)24-12(11)13-20-21-16(22-13)25-15-9-5-6-23-14(9)18-7-19-15/h1-7H. The SMILES string of the molecule is Clc1c(-c2nnc(Sc3ncnc4sccc34)o2)sc2ccccc12. The van der Waals surface area contributed by atoms with Crippen LogP contribution in [0.2, 0.25) is 5.02 Å².